The van der Waals surface area contributed by atoms with E-state index in [9.17, 15) is 0 Å². The second-order valence-corrected chi connectivity index (χ2v) is 5.08. The SMILES string of the molecule is COc1ccc(NC(C)c2ccc(N(C)C)cc2)cc1. The van der Waals surface area contributed by atoms with Gasteiger partial charge in [0, 0.05) is 31.5 Å². The number of rotatable bonds is 5. The normalized spacial score (nSPS) is 11.8. The molecule has 3 nitrogen and oxygen atoms in total. The molecule has 0 spiro atoms. The van der Waals surface area contributed by atoms with Gasteiger partial charge in [-0.15, -0.1) is 0 Å². The smallest absolute Gasteiger partial charge is 0.119 e. The van der Waals surface area contributed by atoms with Crippen LogP contribution < -0.4 is 15.0 Å². The van der Waals surface area contributed by atoms with E-state index >= 15 is 0 Å². The molecule has 0 bridgehead atoms. The predicted molar refractivity (Wildman–Crippen MR) is 85.8 cm³/mol. The Hall–Kier alpha value is -2.16. The molecule has 2 rings (SSSR count). The molecule has 0 saturated carbocycles. The maximum absolute atomic E-state index is 5.16. The number of hydrogen-bond donors (Lipinski definition) is 1. The second kappa shape index (κ2) is 6.33. The fraction of sp³-hybridized carbons (Fsp3) is 0.294. The molecule has 0 aromatic heterocycles. The Balaban J connectivity index is 2.04. The molecule has 20 heavy (non-hydrogen) atoms. The Morgan fingerprint density at radius 2 is 1.55 bits per heavy atom. The average Bonchev–Trinajstić information content (AvgIpc) is 2.48. The van der Waals surface area contributed by atoms with Gasteiger partial charge in [0.1, 0.15) is 5.75 Å². The molecule has 0 aliphatic rings. The van der Waals surface area contributed by atoms with Gasteiger partial charge >= 0.3 is 0 Å². The third kappa shape index (κ3) is 3.44. The molecule has 0 heterocycles. The molecule has 106 valence electrons. The number of anilines is 2. The monoisotopic (exact) mass is 270 g/mol. The molecule has 0 fully saturated rings. The van der Waals surface area contributed by atoms with Crippen LogP contribution in [0.15, 0.2) is 48.5 Å². The number of methoxy groups -OCH3 is 1. The van der Waals surface area contributed by atoms with Crippen molar-refractivity contribution in [3.63, 3.8) is 0 Å². The van der Waals surface area contributed by atoms with Crippen LogP contribution >= 0.6 is 0 Å². The van der Waals surface area contributed by atoms with Crippen LogP contribution in [-0.2, 0) is 0 Å². The molecule has 3 heteroatoms. The van der Waals surface area contributed by atoms with E-state index in [1.807, 2.05) is 38.4 Å². The van der Waals surface area contributed by atoms with E-state index in [4.69, 9.17) is 4.74 Å². The van der Waals surface area contributed by atoms with Gasteiger partial charge in [-0.3, -0.25) is 0 Å². The van der Waals surface area contributed by atoms with Crippen molar-refractivity contribution in [1.82, 2.24) is 0 Å². The summed E-state index contributed by atoms with van der Waals surface area (Å²) >= 11 is 0. The van der Waals surface area contributed by atoms with Crippen LogP contribution in [0.3, 0.4) is 0 Å². The Bertz CT molecular complexity index is 532. The van der Waals surface area contributed by atoms with E-state index in [1.54, 1.807) is 7.11 Å². The van der Waals surface area contributed by atoms with Gasteiger partial charge in [0.05, 0.1) is 7.11 Å². The molecule has 1 unspecified atom stereocenters. The van der Waals surface area contributed by atoms with Crippen LogP contribution in [0.25, 0.3) is 0 Å². The predicted octanol–water partition coefficient (Wildman–Crippen LogP) is 3.93. The molecule has 0 amide bonds. The van der Waals surface area contributed by atoms with Crippen molar-refractivity contribution in [3.05, 3.63) is 54.1 Å². The van der Waals surface area contributed by atoms with Crippen molar-refractivity contribution in [2.75, 3.05) is 31.4 Å². The number of benzene rings is 2. The van der Waals surface area contributed by atoms with Gasteiger partial charge < -0.3 is 15.0 Å². The van der Waals surface area contributed by atoms with Crippen LogP contribution in [0.4, 0.5) is 11.4 Å². The zero-order valence-electron chi connectivity index (χ0n) is 12.6. The van der Waals surface area contributed by atoms with Crippen LogP contribution in [0, 0.1) is 0 Å². The Labute approximate surface area is 121 Å². The maximum atomic E-state index is 5.16. The Morgan fingerprint density at radius 1 is 0.950 bits per heavy atom. The zero-order chi connectivity index (χ0) is 14.5. The minimum atomic E-state index is 0.264. The van der Waals surface area contributed by atoms with Crippen molar-refractivity contribution in [2.45, 2.75) is 13.0 Å². The van der Waals surface area contributed by atoms with E-state index in [0.717, 1.165) is 11.4 Å². The summed E-state index contributed by atoms with van der Waals surface area (Å²) in [5.41, 5.74) is 3.58. The van der Waals surface area contributed by atoms with Gasteiger partial charge in [-0.25, -0.2) is 0 Å². The molecule has 0 aliphatic heterocycles. The third-order valence-electron chi connectivity index (χ3n) is 3.38. The summed E-state index contributed by atoms with van der Waals surface area (Å²) in [6.07, 6.45) is 0. The fourth-order valence-electron chi connectivity index (χ4n) is 2.08. The van der Waals surface area contributed by atoms with E-state index < -0.39 is 0 Å². The first-order valence-corrected chi connectivity index (χ1v) is 6.78. The van der Waals surface area contributed by atoms with Crippen LogP contribution in [0.1, 0.15) is 18.5 Å². The van der Waals surface area contributed by atoms with Gasteiger partial charge in [-0.1, -0.05) is 12.1 Å². The number of nitrogens with zero attached hydrogens (tertiary/aromatic N) is 1. The lowest BCUT2D eigenvalue weighted by Gasteiger charge is -2.18. The zero-order valence-corrected chi connectivity index (χ0v) is 12.6. The number of nitrogens with one attached hydrogen (secondary N) is 1. The summed E-state index contributed by atoms with van der Waals surface area (Å²) < 4.78 is 5.16. The largest absolute Gasteiger partial charge is 0.497 e. The van der Waals surface area contributed by atoms with E-state index in [-0.39, 0.29) is 6.04 Å². The van der Waals surface area contributed by atoms with E-state index in [2.05, 4.69) is 41.4 Å². The summed E-state index contributed by atoms with van der Waals surface area (Å²) in [5, 5.41) is 3.49. The highest BCUT2D eigenvalue weighted by Gasteiger charge is 2.06. The second-order valence-electron chi connectivity index (χ2n) is 5.08. The third-order valence-corrected chi connectivity index (χ3v) is 3.38. The summed E-state index contributed by atoms with van der Waals surface area (Å²) in [5.74, 6) is 0.874. The summed E-state index contributed by atoms with van der Waals surface area (Å²) in [6, 6.07) is 16.9. The summed E-state index contributed by atoms with van der Waals surface area (Å²) in [7, 11) is 5.78. The maximum Gasteiger partial charge on any atom is 0.119 e. The molecular weight excluding hydrogens is 248 g/mol. The lowest BCUT2D eigenvalue weighted by atomic mass is 10.1. The van der Waals surface area contributed by atoms with Crippen molar-refractivity contribution < 1.29 is 4.74 Å². The average molecular weight is 270 g/mol. The summed E-state index contributed by atoms with van der Waals surface area (Å²) in [6.45, 7) is 2.16. The number of ether oxygens (including phenoxy) is 1. The molecule has 0 radical (unpaired) electrons. The molecule has 2 aromatic rings. The molecule has 2 aromatic carbocycles. The van der Waals surface area contributed by atoms with Gasteiger partial charge in [0.15, 0.2) is 0 Å². The van der Waals surface area contributed by atoms with Crippen LogP contribution in [0.5, 0.6) is 5.75 Å². The van der Waals surface area contributed by atoms with Crippen LogP contribution in [0.2, 0.25) is 0 Å². The molecule has 1 atom stereocenters. The summed E-state index contributed by atoms with van der Waals surface area (Å²) in [4.78, 5) is 2.10. The lowest BCUT2D eigenvalue weighted by molar-refractivity contribution is 0.415. The van der Waals surface area contributed by atoms with Crippen molar-refractivity contribution in [1.29, 1.82) is 0 Å². The highest BCUT2D eigenvalue weighted by molar-refractivity contribution is 5.50. The van der Waals surface area contributed by atoms with Crippen molar-refractivity contribution in [3.8, 4) is 5.75 Å². The van der Waals surface area contributed by atoms with Gasteiger partial charge in [0.25, 0.3) is 0 Å². The quantitative estimate of drug-likeness (QED) is 0.890. The van der Waals surface area contributed by atoms with E-state index in [0.29, 0.717) is 0 Å². The Kier molecular flexibility index (Phi) is 4.51. The Morgan fingerprint density at radius 3 is 2.05 bits per heavy atom. The number of hydrogen-bond acceptors (Lipinski definition) is 3. The van der Waals surface area contributed by atoms with E-state index in [1.165, 1.54) is 11.3 Å². The lowest BCUT2D eigenvalue weighted by Crippen LogP contribution is -2.10. The van der Waals surface area contributed by atoms with Gasteiger partial charge in [-0.05, 0) is 48.9 Å². The molecule has 1 N–H and O–H groups in total. The van der Waals surface area contributed by atoms with Gasteiger partial charge in [-0.2, -0.15) is 0 Å². The molecular formula is C17H22N2O. The van der Waals surface area contributed by atoms with Crippen LogP contribution in [-0.4, -0.2) is 21.2 Å². The van der Waals surface area contributed by atoms with Crippen molar-refractivity contribution >= 4 is 11.4 Å². The highest BCUT2D eigenvalue weighted by Crippen LogP contribution is 2.23. The first kappa shape index (κ1) is 14.3. The topological polar surface area (TPSA) is 24.5 Å². The van der Waals surface area contributed by atoms with Crippen molar-refractivity contribution in [2.24, 2.45) is 0 Å². The first-order valence-electron chi connectivity index (χ1n) is 6.78. The molecule has 0 saturated heterocycles. The highest BCUT2D eigenvalue weighted by atomic mass is 16.5. The molecule has 0 aliphatic carbocycles. The van der Waals surface area contributed by atoms with Gasteiger partial charge in [0.2, 0.25) is 0 Å². The first-order chi connectivity index (χ1) is 9.60. The standard InChI is InChI=1S/C17H22N2O/c1-13(14-5-9-16(10-6-14)19(2)3)18-15-7-11-17(20-4)12-8-15/h5-13,18H,1-4H3. The fourth-order valence-corrected chi connectivity index (χ4v) is 2.08. The minimum absolute atomic E-state index is 0.264. The minimum Gasteiger partial charge on any atom is -0.497 e.